The van der Waals surface area contributed by atoms with Crippen molar-refractivity contribution in [3.63, 3.8) is 0 Å². The number of methoxy groups -OCH3 is 2. The van der Waals surface area contributed by atoms with E-state index in [9.17, 15) is 4.79 Å². The van der Waals surface area contributed by atoms with Crippen molar-refractivity contribution >= 4 is 5.97 Å². The number of allylic oxidation sites excluding steroid dienone is 2. The van der Waals surface area contributed by atoms with Gasteiger partial charge in [0.1, 0.15) is 5.75 Å². The lowest BCUT2D eigenvalue weighted by atomic mass is 9.97. The lowest BCUT2D eigenvalue weighted by Gasteiger charge is -2.23. The van der Waals surface area contributed by atoms with Gasteiger partial charge in [0.05, 0.1) is 26.9 Å². The van der Waals surface area contributed by atoms with Crippen molar-refractivity contribution in [3.05, 3.63) is 42.0 Å². The summed E-state index contributed by atoms with van der Waals surface area (Å²) in [5, 5.41) is 0. The molecule has 0 spiro atoms. The first-order valence-corrected chi connectivity index (χ1v) is 11.6. The lowest BCUT2D eigenvalue weighted by molar-refractivity contribution is -0.140. The molecular weight excluding hydrogens is 376 g/mol. The predicted molar refractivity (Wildman–Crippen MR) is 124 cm³/mol. The minimum atomic E-state index is -0.0957. The normalized spacial score (nSPS) is 13.3. The maximum Gasteiger partial charge on any atom is 0.305 e. The van der Waals surface area contributed by atoms with Crippen molar-refractivity contribution in [1.29, 1.82) is 0 Å². The zero-order valence-corrected chi connectivity index (χ0v) is 19.5. The summed E-state index contributed by atoms with van der Waals surface area (Å²) in [6.07, 6.45) is 15.6. The van der Waals surface area contributed by atoms with Gasteiger partial charge < -0.3 is 14.2 Å². The molecule has 1 aromatic carbocycles. The average Bonchev–Trinajstić information content (AvgIpc) is 2.78. The van der Waals surface area contributed by atoms with Crippen LogP contribution in [0.3, 0.4) is 0 Å². The van der Waals surface area contributed by atoms with Crippen molar-refractivity contribution in [3.8, 4) is 5.75 Å². The van der Waals surface area contributed by atoms with Gasteiger partial charge in [-0.3, -0.25) is 4.79 Å². The van der Waals surface area contributed by atoms with Crippen molar-refractivity contribution in [2.75, 3.05) is 14.2 Å². The number of hydrogen-bond acceptors (Lipinski definition) is 4. The van der Waals surface area contributed by atoms with Gasteiger partial charge >= 0.3 is 5.97 Å². The van der Waals surface area contributed by atoms with E-state index in [1.54, 1.807) is 7.11 Å². The maximum absolute atomic E-state index is 11.0. The van der Waals surface area contributed by atoms with Crippen LogP contribution in [0.5, 0.6) is 5.75 Å². The second-order valence-corrected chi connectivity index (χ2v) is 8.01. The molecule has 0 saturated heterocycles. The molecule has 0 aliphatic heterocycles. The highest BCUT2D eigenvalue weighted by Crippen LogP contribution is 2.20. The minimum absolute atomic E-state index is 0.0957. The summed E-state index contributed by atoms with van der Waals surface area (Å²) >= 11 is 0. The fourth-order valence-electron chi connectivity index (χ4n) is 3.38. The van der Waals surface area contributed by atoms with Crippen LogP contribution in [0.2, 0.25) is 0 Å². The zero-order valence-electron chi connectivity index (χ0n) is 19.5. The fourth-order valence-corrected chi connectivity index (χ4v) is 3.38. The lowest BCUT2D eigenvalue weighted by Crippen LogP contribution is -2.21. The third-order valence-electron chi connectivity index (χ3n) is 5.67. The van der Waals surface area contributed by atoms with Gasteiger partial charge in [0.15, 0.2) is 0 Å². The van der Waals surface area contributed by atoms with Crippen LogP contribution in [0.15, 0.2) is 36.4 Å². The van der Waals surface area contributed by atoms with Crippen LogP contribution < -0.4 is 4.74 Å². The molecule has 0 aliphatic carbocycles. The van der Waals surface area contributed by atoms with Crippen LogP contribution in [-0.4, -0.2) is 26.3 Å². The van der Waals surface area contributed by atoms with E-state index in [1.807, 2.05) is 12.1 Å². The molecule has 0 aromatic heterocycles. The van der Waals surface area contributed by atoms with Gasteiger partial charge in [0, 0.05) is 6.42 Å². The van der Waals surface area contributed by atoms with E-state index in [-0.39, 0.29) is 12.1 Å². The SMILES string of the molecule is CC[C@H](C)[C@@H](CCC=CCCCCCCCC(=O)OC)OCc1ccc(OC)cc1. The number of benzene rings is 1. The topological polar surface area (TPSA) is 44.8 Å². The van der Waals surface area contributed by atoms with E-state index in [1.165, 1.54) is 31.9 Å². The van der Waals surface area contributed by atoms with Gasteiger partial charge in [-0.1, -0.05) is 63.8 Å². The molecule has 2 atom stereocenters. The molecule has 0 bridgehead atoms. The number of carbonyl (C=O) groups excluding carboxylic acids is 1. The Bertz CT molecular complexity index is 579. The molecule has 1 aromatic rings. The van der Waals surface area contributed by atoms with Crippen LogP contribution in [0.4, 0.5) is 0 Å². The van der Waals surface area contributed by atoms with E-state index in [4.69, 9.17) is 9.47 Å². The maximum atomic E-state index is 11.0. The summed E-state index contributed by atoms with van der Waals surface area (Å²) in [6, 6.07) is 8.11. The molecule has 0 unspecified atom stereocenters. The second-order valence-electron chi connectivity index (χ2n) is 8.01. The van der Waals surface area contributed by atoms with Crippen molar-refractivity contribution in [2.45, 2.75) is 90.8 Å². The Balaban J connectivity index is 2.18. The number of ether oxygens (including phenoxy) is 3. The van der Waals surface area contributed by atoms with Gasteiger partial charge in [0.2, 0.25) is 0 Å². The first-order chi connectivity index (χ1) is 14.6. The molecule has 0 fully saturated rings. The Kier molecular flexibility index (Phi) is 14.8. The summed E-state index contributed by atoms with van der Waals surface area (Å²) in [7, 11) is 3.14. The molecule has 0 N–H and O–H groups in total. The number of rotatable bonds is 17. The number of unbranched alkanes of at least 4 members (excludes halogenated alkanes) is 5. The van der Waals surface area contributed by atoms with E-state index in [2.05, 4.69) is 42.9 Å². The predicted octanol–water partition coefficient (Wildman–Crippen LogP) is 6.87. The quantitative estimate of drug-likeness (QED) is 0.157. The Labute approximate surface area is 184 Å². The highest BCUT2D eigenvalue weighted by Gasteiger charge is 2.15. The molecule has 0 aliphatic rings. The highest BCUT2D eigenvalue weighted by molar-refractivity contribution is 5.68. The Morgan fingerprint density at radius 1 is 0.967 bits per heavy atom. The van der Waals surface area contributed by atoms with Gasteiger partial charge in [-0.25, -0.2) is 0 Å². The number of esters is 1. The van der Waals surface area contributed by atoms with Gasteiger partial charge in [-0.05, 0) is 55.7 Å². The van der Waals surface area contributed by atoms with Gasteiger partial charge in [-0.2, -0.15) is 0 Å². The second kappa shape index (κ2) is 16.9. The molecular formula is C26H42O4. The molecule has 0 radical (unpaired) electrons. The third-order valence-corrected chi connectivity index (χ3v) is 5.67. The Morgan fingerprint density at radius 2 is 1.63 bits per heavy atom. The molecule has 0 heterocycles. The van der Waals surface area contributed by atoms with E-state index < -0.39 is 0 Å². The van der Waals surface area contributed by atoms with Gasteiger partial charge in [0.25, 0.3) is 0 Å². The number of hydrogen-bond donors (Lipinski definition) is 0. The van der Waals surface area contributed by atoms with Crippen LogP contribution in [-0.2, 0) is 20.9 Å². The van der Waals surface area contributed by atoms with Crippen LogP contribution >= 0.6 is 0 Å². The van der Waals surface area contributed by atoms with Crippen LogP contribution in [0.25, 0.3) is 0 Å². The monoisotopic (exact) mass is 418 g/mol. The molecule has 4 nitrogen and oxygen atoms in total. The van der Waals surface area contributed by atoms with Crippen molar-refractivity contribution < 1.29 is 19.0 Å². The highest BCUT2D eigenvalue weighted by atomic mass is 16.5. The Morgan fingerprint density at radius 3 is 2.30 bits per heavy atom. The summed E-state index contributed by atoms with van der Waals surface area (Å²) < 4.78 is 16.1. The Hall–Kier alpha value is -1.81. The largest absolute Gasteiger partial charge is 0.497 e. The smallest absolute Gasteiger partial charge is 0.305 e. The summed E-state index contributed by atoms with van der Waals surface area (Å²) in [5.74, 6) is 1.34. The van der Waals surface area contributed by atoms with Crippen LogP contribution in [0.1, 0.15) is 83.6 Å². The van der Waals surface area contributed by atoms with E-state index in [0.29, 0.717) is 18.9 Å². The molecule has 170 valence electrons. The average molecular weight is 419 g/mol. The minimum Gasteiger partial charge on any atom is -0.497 e. The van der Waals surface area contributed by atoms with E-state index in [0.717, 1.165) is 44.3 Å². The third kappa shape index (κ3) is 12.0. The standard InChI is InChI=1S/C26H42O4/c1-5-22(2)25(30-21-23-17-19-24(28-3)20-18-23)15-13-11-9-7-6-8-10-12-14-16-26(27)29-4/h9,11,17-20,22,25H,5-8,10,12-16,21H2,1-4H3/t22-,25+/m0/s1. The van der Waals surface area contributed by atoms with Crippen molar-refractivity contribution in [2.24, 2.45) is 5.92 Å². The van der Waals surface area contributed by atoms with Crippen molar-refractivity contribution in [1.82, 2.24) is 0 Å². The number of carbonyl (C=O) groups is 1. The molecule has 0 saturated carbocycles. The van der Waals surface area contributed by atoms with E-state index >= 15 is 0 Å². The summed E-state index contributed by atoms with van der Waals surface area (Å²) in [6.45, 7) is 5.16. The molecule has 1 rings (SSSR count). The molecule has 4 heteroatoms. The summed E-state index contributed by atoms with van der Waals surface area (Å²) in [4.78, 5) is 11.0. The zero-order chi connectivity index (χ0) is 22.0. The van der Waals surface area contributed by atoms with Gasteiger partial charge in [-0.15, -0.1) is 0 Å². The fraction of sp³-hybridized carbons (Fsp3) is 0.654. The van der Waals surface area contributed by atoms with Crippen LogP contribution in [0, 0.1) is 5.92 Å². The molecule has 0 amide bonds. The molecule has 30 heavy (non-hydrogen) atoms. The first kappa shape index (κ1) is 26.2. The summed E-state index contributed by atoms with van der Waals surface area (Å²) in [5.41, 5.74) is 1.19. The first-order valence-electron chi connectivity index (χ1n) is 11.6.